The highest BCUT2D eigenvalue weighted by Gasteiger charge is 2.39. The van der Waals surface area contributed by atoms with Crippen LogP contribution >= 0.6 is 0 Å². The third-order valence-corrected chi connectivity index (χ3v) is 4.46. The van der Waals surface area contributed by atoms with Gasteiger partial charge in [-0.3, -0.25) is 9.69 Å². The Labute approximate surface area is 140 Å². The van der Waals surface area contributed by atoms with Crippen molar-refractivity contribution in [1.29, 1.82) is 0 Å². The first-order valence-electron chi connectivity index (χ1n) is 8.23. The van der Waals surface area contributed by atoms with Crippen LogP contribution in [0.4, 0.5) is 4.39 Å². The summed E-state index contributed by atoms with van der Waals surface area (Å²) in [6, 6.07) is 5.70. The van der Waals surface area contributed by atoms with Gasteiger partial charge >= 0.3 is 0 Å². The average Bonchev–Trinajstić information content (AvgIpc) is 2.96. The van der Waals surface area contributed by atoms with Crippen LogP contribution in [0.15, 0.2) is 24.3 Å². The number of amides is 1. The largest absolute Gasteiger partial charge is 0.484 e. The second kappa shape index (κ2) is 7.46. The fourth-order valence-electron chi connectivity index (χ4n) is 3.17. The van der Waals surface area contributed by atoms with Gasteiger partial charge in [0.05, 0.1) is 25.4 Å². The number of benzene rings is 1. The summed E-state index contributed by atoms with van der Waals surface area (Å²) in [5, 5.41) is 10.7. The Morgan fingerprint density at radius 3 is 2.88 bits per heavy atom. The number of ether oxygens (including phenoxy) is 2. The molecule has 6 nitrogen and oxygen atoms in total. The van der Waals surface area contributed by atoms with Gasteiger partial charge in [0.2, 0.25) is 0 Å². The van der Waals surface area contributed by atoms with Gasteiger partial charge in [-0.15, -0.1) is 0 Å². The van der Waals surface area contributed by atoms with E-state index in [0.29, 0.717) is 45.0 Å². The molecule has 24 heavy (non-hydrogen) atoms. The van der Waals surface area contributed by atoms with Gasteiger partial charge < -0.3 is 19.5 Å². The molecule has 0 unspecified atom stereocenters. The molecular weight excluding hydrogens is 315 g/mol. The molecule has 0 radical (unpaired) electrons. The zero-order valence-electron chi connectivity index (χ0n) is 13.6. The maximum absolute atomic E-state index is 13.1. The van der Waals surface area contributed by atoms with Gasteiger partial charge in [0.15, 0.2) is 6.61 Å². The van der Waals surface area contributed by atoms with Crippen molar-refractivity contribution in [2.24, 2.45) is 0 Å². The molecule has 2 fully saturated rings. The smallest absolute Gasteiger partial charge is 0.260 e. The van der Waals surface area contributed by atoms with Crippen molar-refractivity contribution in [1.82, 2.24) is 9.80 Å². The summed E-state index contributed by atoms with van der Waals surface area (Å²) < 4.78 is 23.7. The minimum atomic E-state index is -0.883. The number of likely N-dealkylation sites (tertiary alicyclic amines) is 1. The average molecular weight is 338 g/mol. The number of hydrogen-bond donors (Lipinski definition) is 1. The van der Waals surface area contributed by atoms with Gasteiger partial charge in [-0.2, -0.15) is 0 Å². The Kier molecular flexibility index (Phi) is 5.33. The van der Waals surface area contributed by atoms with E-state index in [1.165, 1.54) is 18.2 Å². The van der Waals surface area contributed by atoms with Crippen LogP contribution in [0.25, 0.3) is 0 Å². The van der Waals surface area contributed by atoms with Crippen LogP contribution in [-0.2, 0) is 9.53 Å². The van der Waals surface area contributed by atoms with Gasteiger partial charge in [0, 0.05) is 32.2 Å². The quantitative estimate of drug-likeness (QED) is 0.847. The molecule has 0 spiro atoms. The second-order valence-corrected chi connectivity index (χ2v) is 6.42. The van der Waals surface area contributed by atoms with Crippen LogP contribution in [0.2, 0.25) is 0 Å². The van der Waals surface area contributed by atoms with Crippen molar-refractivity contribution in [2.45, 2.75) is 12.0 Å². The molecule has 2 aliphatic heterocycles. The van der Waals surface area contributed by atoms with Crippen molar-refractivity contribution in [3.05, 3.63) is 30.1 Å². The van der Waals surface area contributed by atoms with E-state index in [0.717, 1.165) is 13.1 Å². The summed E-state index contributed by atoms with van der Waals surface area (Å²) in [6.45, 7) is 4.17. The topological polar surface area (TPSA) is 62.2 Å². The van der Waals surface area contributed by atoms with Crippen LogP contribution in [0, 0.1) is 5.82 Å². The molecule has 2 saturated heterocycles. The van der Waals surface area contributed by atoms with E-state index < -0.39 is 11.4 Å². The summed E-state index contributed by atoms with van der Waals surface area (Å²) in [4.78, 5) is 16.0. The standard InChI is InChI=1S/C17H23FN2O4/c18-14-2-1-3-15(10-14)24-11-16(21)20-5-4-17(22,13-20)12-19-6-8-23-9-7-19/h1-3,10,22H,4-9,11-13H2/t17-/m1/s1. The summed E-state index contributed by atoms with van der Waals surface area (Å²) in [7, 11) is 0. The fraction of sp³-hybridized carbons (Fsp3) is 0.588. The highest BCUT2D eigenvalue weighted by Crippen LogP contribution is 2.23. The molecule has 1 aromatic rings. The van der Waals surface area contributed by atoms with Crippen molar-refractivity contribution in [2.75, 3.05) is 52.5 Å². The number of β-amino-alcohol motifs (C(OH)–C–C–N with tert-alkyl or cyclic N) is 1. The van der Waals surface area contributed by atoms with Gasteiger partial charge in [-0.05, 0) is 18.6 Å². The van der Waals surface area contributed by atoms with Crippen LogP contribution in [0.5, 0.6) is 5.75 Å². The molecule has 1 amide bonds. The number of aliphatic hydroxyl groups is 1. The molecule has 0 bridgehead atoms. The predicted molar refractivity (Wildman–Crippen MR) is 85.3 cm³/mol. The van der Waals surface area contributed by atoms with Crippen molar-refractivity contribution in [3.63, 3.8) is 0 Å². The van der Waals surface area contributed by atoms with Gasteiger partial charge in [0.25, 0.3) is 5.91 Å². The van der Waals surface area contributed by atoms with Gasteiger partial charge in [-0.25, -0.2) is 4.39 Å². The van der Waals surface area contributed by atoms with E-state index in [-0.39, 0.29) is 12.5 Å². The summed E-state index contributed by atoms with van der Waals surface area (Å²) in [6.07, 6.45) is 0.552. The molecular formula is C17H23FN2O4. The first-order chi connectivity index (χ1) is 11.5. The molecule has 132 valence electrons. The van der Waals surface area contributed by atoms with E-state index in [9.17, 15) is 14.3 Å². The summed E-state index contributed by atoms with van der Waals surface area (Å²) >= 11 is 0. The number of halogens is 1. The second-order valence-electron chi connectivity index (χ2n) is 6.42. The lowest BCUT2D eigenvalue weighted by Gasteiger charge is -2.33. The molecule has 2 heterocycles. The molecule has 2 aliphatic rings. The molecule has 1 N–H and O–H groups in total. The Hall–Kier alpha value is -1.70. The van der Waals surface area contributed by atoms with Crippen molar-refractivity contribution >= 4 is 5.91 Å². The Balaban J connectivity index is 1.48. The minimum absolute atomic E-state index is 0.156. The monoisotopic (exact) mass is 338 g/mol. The number of hydrogen-bond acceptors (Lipinski definition) is 5. The normalized spacial score (nSPS) is 25.0. The van der Waals surface area contributed by atoms with Crippen LogP contribution < -0.4 is 4.74 Å². The van der Waals surface area contributed by atoms with Crippen LogP contribution in [-0.4, -0.2) is 79.0 Å². The first-order valence-corrected chi connectivity index (χ1v) is 8.23. The number of carbonyl (C=O) groups excluding carboxylic acids is 1. The van der Waals surface area contributed by atoms with E-state index >= 15 is 0 Å². The van der Waals surface area contributed by atoms with E-state index in [1.54, 1.807) is 11.0 Å². The molecule has 0 aromatic heterocycles. The highest BCUT2D eigenvalue weighted by molar-refractivity contribution is 5.78. The Bertz CT molecular complexity index is 579. The molecule has 7 heteroatoms. The molecule has 1 atom stereocenters. The Morgan fingerprint density at radius 1 is 1.33 bits per heavy atom. The third-order valence-electron chi connectivity index (χ3n) is 4.46. The summed E-state index contributed by atoms with van der Waals surface area (Å²) in [5.41, 5.74) is -0.883. The van der Waals surface area contributed by atoms with E-state index in [2.05, 4.69) is 4.90 Å². The maximum atomic E-state index is 13.1. The number of morpholine rings is 1. The molecule has 3 rings (SSSR count). The predicted octanol–water partition coefficient (Wildman–Crippen LogP) is 0.500. The molecule has 1 aromatic carbocycles. The zero-order valence-corrected chi connectivity index (χ0v) is 13.6. The molecule has 0 aliphatic carbocycles. The third kappa shape index (κ3) is 4.43. The number of rotatable bonds is 5. The first kappa shape index (κ1) is 17.1. The minimum Gasteiger partial charge on any atom is -0.484 e. The lowest BCUT2D eigenvalue weighted by atomic mass is 10.0. The Morgan fingerprint density at radius 2 is 2.12 bits per heavy atom. The van der Waals surface area contributed by atoms with Crippen molar-refractivity contribution in [3.8, 4) is 5.75 Å². The highest BCUT2D eigenvalue weighted by atomic mass is 19.1. The molecule has 0 saturated carbocycles. The van der Waals surface area contributed by atoms with Gasteiger partial charge in [-0.1, -0.05) is 6.07 Å². The SMILES string of the molecule is O=C(COc1cccc(F)c1)N1CC[C@@](O)(CN2CCOCC2)C1. The zero-order chi connectivity index (χ0) is 17.0. The van der Waals surface area contributed by atoms with Crippen LogP contribution in [0.3, 0.4) is 0 Å². The van der Waals surface area contributed by atoms with E-state index in [4.69, 9.17) is 9.47 Å². The fourth-order valence-corrected chi connectivity index (χ4v) is 3.17. The maximum Gasteiger partial charge on any atom is 0.260 e. The van der Waals surface area contributed by atoms with Crippen LogP contribution in [0.1, 0.15) is 6.42 Å². The van der Waals surface area contributed by atoms with Crippen molar-refractivity contribution < 1.29 is 23.8 Å². The van der Waals surface area contributed by atoms with E-state index in [1.807, 2.05) is 0 Å². The number of carbonyl (C=O) groups is 1. The lowest BCUT2D eigenvalue weighted by Crippen LogP contribution is -2.49. The number of nitrogens with zero attached hydrogens (tertiary/aromatic N) is 2. The lowest BCUT2D eigenvalue weighted by molar-refractivity contribution is -0.133. The summed E-state index contributed by atoms with van der Waals surface area (Å²) in [5.74, 6) is -0.274. The van der Waals surface area contributed by atoms with Gasteiger partial charge in [0.1, 0.15) is 11.6 Å².